The molecule has 1 atom stereocenters. The van der Waals surface area contributed by atoms with Crippen LogP contribution in [0.4, 0.5) is 18.0 Å². The van der Waals surface area contributed by atoms with Crippen molar-refractivity contribution in [1.29, 1.82) is 0 Å². The number of carbonyl (C=O) groups is 1. The summed E-state index contributed by atoms with van der Waals surface area (Å²) in [6, 6.07) is 4.41. The van der Waals surface area contributed by atoms with E-state index < -0.39 is 29.5 Å². The van der Waals surface area contributed by atoms with Gasteiger partial charge >= 0.3 is 12.3 Å². The number of nitrogens with one attached hydrogen (secondary N) is 1. The predicted molar refractivity (Wildman–Crippen MR) is 73.8 cm³/mol. The van der Waals surface area contributed by atoms with E-state index >= 15 is 0 Å². The second-order valence-electron chi connectivity index (χ2n) is 5.73. The van der Waals surface area contributed by atoms with Crippen molar-refractivity contribution in [2.24, 2.45) is 0 Å². The van der Waals surface area contributed by atoms with Gasteiger partial charge in [-0.1, -0.05) is 19.1 Å². The molecule has 0 spiro atoms. The number of hydrogen-bond acceptors (Lipinski definition) is 2. The summed E-state index contributed by atoms with van der Waals surface area (Å²) in [5, 5.41) is 2.59. The van der Waals surface area contributed by atoms with E-state index in [9.17, 15) is 18.0 Å². The minimum Gasteiger partial charge on any atom is -0.444 e. The van der Waals surface area contributed by atoms with Crippen molar-refractivity contribution in [2.75, 3.05) is 0 Å². The Hall–Kier alpha value is -1.72. The van der Waals surface area contributed by atoms with Gasteiger partial charge in [0.25, 0.3) is 0 Å². The van der Waals surface area contributed by atoms with Crippen molar-refractivity contribution >= 4 is 6.09 Å². The van der Waals surface area contributed by atoms with E-state index in [-0.39, 0.29) is 0 Å². The maximum absolute atomic E-state index is 12.7. The molecule has 0 saturated carbocycles. The molecule has 118 valence electrons. The largest absolute Gasteiger partial charge is 0.444 e. The Kier molecular flexibility index (Phi) is 5.25. The predicted octanol–water partition coefficient (Wildman–Crippen LogP) is 4.68. The first kappa shape index (κ1) is 17.3. The molecule has 1 N–H and O–H groups in total. The van der Waals surface area contributed by atoms with Crippen molar-refractivity contribution in [2.45, 2.75) is 51.9 Å². The lowest BCUT2D eigenvalue weighted by Crippen LogP contribution is -2.34. The summed E-state index contributed by atoms with van der Waals surface area (Å²) in [6.45, 7) is 6.94. The van der Waals surface area contributed by atoms with E-state index in [4.69, 9.17) is 4.74 Å². The molecule has 6 heteroatoms. The number of benzene rings is 1. The highest BCUT2D eigenvalue weighted by Gasteiger charge is 2.31. The van der Waals surface area contributed by atoms with Gasteiger partial charge in [-0.05, 0) is 44.9 Å². The SMILES string of the molecule is CC[C@H](NC(=O)OC(C)(C)C)c1cccc(C(F)(F)F)c1. The average Bonchev–Trinajstić information content (AvgIpc) is 2.33. The van der Waals surface area contributed by atoms with Gasteiger partial charge in [0.05, 0.1) is 11.6 Å². The Morgan fingerprint density at radius 1 is 1.29 bits per heavy atom. The number of alkyl halides is 3. The molecule has 21 heavy (non-hydrogen) atoms. The van der Waals surface area contributed by atoms with E-state index in [1.807, 2.05) is 0 Å². The van der Waals surface area contributed by atoms with Crippen LogP contribution >= 0.6 is 0 Å². The summed E-state index contributed by atoms with van der Waals surface area (Å²) in [7, 11) is 0. The Morgan fingerprint density at radius 3 is 2.38 bits per heavy atom. The highest BCUT2D eigenvalue weighted by molar-refractivity contribution is 5.68. The van der Waals surface area contributed by atoms with E-state index in [1.54, 1.807) is 33.8 Å². The van der Waals surface area contributed by atoms with Gasteiger partial charge in [-0.15, -0.1) is 0 Å². The smallest absolute Gasteiger partial charge is 0.416 e. The number of ether oxygens (including phenoxy) is 1. The van der Waals surface area contributed by atoms with Gasteiger partial charge in [0.1, 0.15) is 5.60 Å². The van der Waals surface area contributed by atoms with Crippen molar-refractivity contribution in [1.82, 2.24) is 5.32 Å². The van der Waals surface area contributed by atoms with Crippen LogP contribution in [0.1, 0.15) is 51.3 Å². The van der Waals surface area contributed by atoms with Crippen LogP contribution in [0.15, 0.2) is 24.3 Å². The normalized spacial score (nSPS) is 13.7. The fraction of sp³-hybridized carbons (Fsp3) is 0.533. The van der Waals surface area contributed by atoms with E-state index in [1.165, 1.54) is 6.07 Å². The maximum Gasteiger partial charge on any atom is 0.416 e. The van der Waals surface area contributed by atoms with Crippen LogP contribution in [0.3, 0.4) is 0 Å². The average molecular weight is 303 g/mol. The third-order valence-electron chi connectivity index (χ3n) is 2.72. The van der Waals surface area contributed by atoms with Gasteiger partial charge in [-0.2, -0.15) is 13.2 Å². The molecule has 0 aliphatic heterocycles. The zero-order chi connectivity index (χ0) is 16.3. The Balaban J connectivity index is 2.88. The van der Waals surface area contributed by atoms with Crippen LogP contribution in [0.5, 0.6) is 0 Å². The van der Waals surface area contributed by atoms with E-state index in [0.717, 1.165) is 12.1 Å². The molecular weight excluding hydrogens is 283 g/mol. The molecule has 1 aromatic carbocycles. The molecule has 0 fully saturated rings. The van der Waals surface area contributed by atoms with Crippen LogP contribution < -0.4 is 5.32 Å². The number of amides is 1. The lowest BCUT2D eigenvalue weighted by Gasteiger charge is -2.23. The third kappa shape index (κ3) is 5.65. The summed E-state index contributed by atoms with van der Waals surface area (Å²) in [5.74, 6) is 0. The molecule has 3 nitrogen and oxygen atoms in total. The van der Waals surface area contributed by atoms with Crippen molar-refractivity contribution in [3.8, 4) is 0 Å². The molecule has 1 aromatic rings. The van der Waals surface area contributed by atoms with Gasteiger partial charge < -0.3 is 10.1 Å². The first-order valence-corrected chi connectivity index (χ1v) is 6.69. The van der Waals surface area contributed by atoms with Crippen LogP contribution in [-0.4, -0.2) is 11.7 Å². The molecule has 1 amide bonds. The summed E-state index contributed by atoms with van der Waals surface area (Å²) in [5.41, 5.74) is -0.987. The monoisotopic (exact) mass is 303 g/mol. The van der Waals surface area contributed by atoms with Crippen molar-refractivity contribution in [3.63, 3.8) is 0 Å². The fourth-order valence-electron chi connectivity index (χ4n) is 1.80. The van der Waals surface area contributed by atoms with Crippen molar-refractivity contribution < 1.29 is 22.7 Å². The Morgan fingerprint density at radius 2 is 1.90 bits per heavy atom. The van der Waals surface area contributed by atoms with E-state index in [0.29, 0.717) is 12.0 Å². The number of carbonyl (C=O) groups excluding carboxylic acids is 1. The second kappa shape index (κ2) is 6.37. The second-order valence-corrected chi connectivity index (χ2v) is 5.73. The molecule has 0 aliphatic carbocycles. The van der Waals surface area contributed by atoms with Gasteiger partial charge in [0.15, 0.2) is 0 Å². The lowest BCUT2D eigenvalue weighted by atomic mass is 10.0. The van der Waals surface area contributed by atoms with Gasteiger partial charge in [-0.3, -0.25) is 0 Å². The Labute approximate surface area is 122 Å². The summed E-state index contributed by atoms with van der Waals surface area (Å²) >= 11 is 0. The number of hydrogen-bond donors (Lipinski definition) is 1. The molecule has 0 bridgehead atoms. The minimum atomic E-state index is -4.40. The quantitative estimate of drug-likeness (QED) is 0.880. The van der Waals surface area contributed by atoms with E-state index in [2.05, 4.69) is 5.32 Å². The standard InChI is InChI=1S/C15H20F3NO2/c1-5-12(19-13(20)21-14(2,3)4)10-7-6-8-11(9-10)15(16,17)18/h6-9,12H,5H2,1-4H3,(H,19,20)/t12-/m0/s1. The first-order chi connectivity index (χ1) is 9.53. The fourth-order valence-corrected chi connectivity index (χ4v) is 1.80. The number of rotatable bonds is 3. The molecule has 1 rings (SSSR count). The molecule has 0 unspecified atom stereocenters. The summed E-state index contributed by atoms with van der Waals surface area (Å²) in [4.78, 5) is 11.7. The van der Waals surface area contributed by atoms with Crippen LogP contribution in [0, 0.1) is 0 Å². The highest BCUT2D eigenvalue weighted by atomic mass is 19.4. The summed E-state index contributed by atoms with van der Waals surface area (Å²) in [6.07, 6.45) is -4.59. The third-order valence-corrected chi connectivity index (χ3v) is 2.72. The minimum absolute atomic E-state index is 0.401. The van der Waals surface area contributed by atoms with Crippen LogP contribution in [0.25, 0.3) is 0 Å². The Bertz CT molecular complexity index is 492. The molecule has 0 heterocycles. The molecule has 0 radical (unpaired) electrons. The van der Waals surface area contributed by atoms with Crippen LogP contribution in [-0.2, 0) is 10.9 Å². The zero-order valence-corrected chi connectivity index (χ0v) is 12.5. The lowest BCUT2D eigenvalue weighted by molar-refractivity contribution is -0.137. The number of halogens is 3. The summed E-state index contributed by atoms with van der Waals surface area (Å²) < 4.78 is 43.2. The van der Waals surface area contributed by atoms with Gasteiger partial charge in [0, 0.05) is 0 Å². The molecule has 0 saturated heterocycles. The molecular formula is C15H20F3NO2. The molecule has 0 aliphatic rings. The first-order valence-electron chi connectivity index (χ1n) is 6.69. The van der Waals surface area contributed by atoms with Gasteiger partial charge in [0.2, 0.25) is 0 Å². The van der Waals surface area contributed by atoms with Gasteiger partial charge in [-0.25, -0.2) is 4.79 Å². The zero-order valence-electron chi connectivity index (χ0n) is 12.5. The maximum atomic E-state index is 12.7. The van der Waals surface area contributed by atoms with Crippen LogP contribution in [0.2, 0.25) is 0 Å². The topological polar surface area (TPSA) is 38.3 Å². The number of alkyl carbamates (subject to hydrolysis) is 1. The highest BCUT2D eigenvalue weighted by Crippen LogP contribution is 2.31. The van der Waals surface area contributed by atoms with Crippen molar-refractivity contribution in [3.05, 3.63) is 35.4 Å². The molecule has 0 aromatic heterocycles.